The third kappa shape index (κ3) is 4.86. The Balaban J connectivity index is 1.81. The number of carbonyl (C=O) groups is 2. The van der Waals surface area contributed by atoms with Crippen molar-refractivity contribution in [2.75, 3.05) is 6.54 Å². The first kappa shape index (κ1) is 16.5. The summed E-state index contributed by atoms with van der Waals surface area (Å²) in [7, 11) is 0. The molecule has 0 aliphatic heterocycles. The van der Waals surface area contributed by atoms with Crippen LogP contribution in [0.15, 0.2) is 30.3 Å². The van der Waals surface area contributed by atoms with Gasteiger partial charge >= 0.3 is 0 Å². The van der Waals surface area contributed by atoms with Gasteiger partial charge in [0.1, 0.15) is 0 Å². The Hall–Kier alpha value is -1.84. The van der Waals surface area contributed by atoms with Crippen molar-refractivity contribution in [1.82, 2.24) is 10.6 Å². The first-order valence-corrected chi connectivity index (χ1v) is 8.00. The van der Waals surface area contributed by atoms with E-state index in [4.69, 9.17) is 0 Å². The van der Waals surface area contributed by atoms with Crippen LogP contribution < -0.4 is 10.6 Å². The van der Waals surface area contributed by atoms with Crippen LogP contribution in [0.4, 0.5) is 0 Å². The molecule has 2 amide bonds. The van der Waals surface area contributed by atoms with Crippen LogP contribution in [0.3, 0.4) is 0 Å². The van der Waals surface area contributed by atoms with Gasteiger partial charge in [0, 0.05) is 18.4 Å². The first-order chi connectivity index (χ1) is 10.4. The van der Waals surface area contributed by atoms with Gasteiger partial charge in [-0.25, -0.2) is 0 Å². The van der Waals surface area contributed by atoms with Crippen LogP contribution in [0.25, 0.3) is 0 Å². The number of nitrogens with one attached hydrogen (secondary N) is 2. The smallest absolute Gasteiger partial charge is 0.225 e. The lowest BCUT2D eigenvalue weighted by Gasteiger charge is -2.20. The second-order valence-electron chi connectivity index (χ2n) is 7.05. The molecule has 4 heteroatoms. The maximum atomic E-state index is 12.1. The minimum Gasteiger partial charge on any atom is -0.355 e. The lowest BCUT2D eigenvalue weighted by molar-refractivity contribution is -0.128. The highest BCUT2D eigenvalue weighted by Crippen LogP contribution is 2.40. The van der Waals surface area contributed by atoms with Gasteiger partial charge in [-0.2, -0.15) is 0 Å². The first-order valence-electron chi connectivity index (χ1n) is 8.00. The van der Waals surface area contributed by atoms with Crippen LogP contribution in [-0.2, 0) is 9.59 Å². The molecule has 0 aromatic heterocycles. The van der Waals surface area contributed by atoms with Gasteiger partial charge in [-0.3, -0.25) is 9.59 Å². The van der Waals surface area contributed by atoms with Crippen molar-refractivity contribution in [2.45, 2.75) is 46.1 Å². The lowest BCUT2D eigenvalue weighted by Crippen LogP contribution is -2.38. The summed E-state index contributed by atoms with van der Waals surface area (Å²) in [5.41, 5.74) is 0.744. The van der Waals surface area contributed by atoms with Gasteiger partial charge in [-0.1, -0.05) is 51.1 Å². The Kier molecular flexibility index (Phi) is 5.22. The molecule has 0 bridgehead atoms. The summed E-state index contributed by atoms with van der Waals surface area (Å²) >= 11 is 0. The van der Waals surface area contributed by atoms with Crippen molar-refractivity contribution in [2.24, 2.45) is 11.3 Å². The number of carbonyl (C=O) groups excluding carboxylic acids is 2. The number of hydrogen-bond acceptors (Lipinski definition) is 2. The molecule has 22 heavy (non-hydrogen) atoms. The van der Waals surface area contributed by atoms with Gasteiger partial charge in [-0.05, 0) is 24.3 Å². The Morgan fingerprint density at radius 3 is 2.36 bits per heavy atom. The Labute approximate surface area is 132 Å². The van der Waals surface area contributed by atoms with E-state index in [2.05, 4.69) is 22.8 Å². The third-order valence-corrected chi connectivity index (χ3v) is 3.89. The Morgan fingerprint density at radius 1 is 1.18 bits per heavy atom. The molecule has 120 valence electrons. The van der Waals surface area contributed by atoms with E-state index in [1.165, 1.54) is 12.8 Å². The molecular weight excluding hydrogens is 276 g/mol. The zero-order valence-electron chi connectivity index (χ0n) is 13.7. The fourth-order valence-corrected chi connectivity index (χ4v) is 2.36. The van der Waals surface area contributed by atoms with Crippen LogP contribution in [-0.4, -0.2) is 18.4 Å². The fourth-order valence-electron chi connectivity index (χ4n) is 2.36. The second-order valence-corrected chi connectivity index (χ2v) is 7.05. The van der Waals surface area contributed by atoms with E-state index in [0.29, 0.717) is 18.9 Å². The maximum Gasteiger partial charge on any atom is 0.225 e. The predicted octanol–water partition coefficient (Wildman–Crippen LogP) is 2.81. The van der Waals surface area contributed by atoms with Crippen molar-refractivity contribution in [3.8, 4) is 0 Å². The number of benzene rings is 1. The highest BCUT2D eigenvalue weighted by Gasteiger charge is 2.33. The van der Waals surface area contributed by atoms with Crippen molar-refractivity contribution >= 4 is 11.8 Å². The van der Waals surface area contributed by atoms with Crippen LogP contribution in [0.2, 0.25) is 0 Å². The number of amides is 2. The molecule has 0 heterocycles. The summed E-state index contributed by atoms with van der Waals surface area (Å²) in [6.45, 7) is 5.97. The summed E-state index contributed by atoms with van der Waals surface area (Å²) < 4.78 is 0. The fraction of sp³-hybridized carbons (Fsp3) is 0.556. The van der Waals surface area contributed by atoms with Crippen molar-refractivity contribution < 1.29 is 9.59 Å². The van der Waals surface area contributed by atoms with Crippen LogP contribution in [0, 0.1) is 11.3 Å². The van der Waals surface area contributed by atoms with Crippen LogP contribution in [0.1, 0.15) is 51.6 Å². The van der Waals surface area contributed by atoms with Crippen molar-refractivity contribution in [3.63, 3.8) is 0 Å². The van der Waals surface area contributed by atoms with Crippen LogP contribution >= 0.6 is 0 Å². The van der Waals surface area contributed by atoms with Gasteiger partial charge < -0.3 is 10.6 Å². The molecule has 1 atom stereocenters. The molecule has 4 nitrogen and oxygen atoms in total. The van der Waals surface area contributed by atoms with Gasteiger partial charge in [0.2, 0.25) is 11.8 Å². The maximum absolute atomic E-state index is 12.1. The minimum atomic E-state index is -0.420. The molecular formula is C18H26N2O2. The van der Waals surface area contributed by atoms with E-state index >= 15 is 0 Å². The summed E-state index contributed by atoms with van der Waals surface area (Å²) in [5.74, 6) is 0.521. The molecule has 1 saturated carbocycles. The monoisotopic (exact) mass is 302 g/mol. The Bertz CT molecular complexity index is 516. The molecule has 2 N–H and O–H groups in total. The minimum absolute atomic E-state index is 0.00466. The van der Waals surface area contributed by atoms with E-state index in [-0.39, 0.29) is 17.9 Å². The van der Waals surface area contributed by atoms with E-state index in [1.807, 2.05) is 39.0 Å². The molecule has 2 rings (SSSR count). The van der Waals surface area contributed by atoms with E-state index in [0.717, 1.165) is 5.56 Å². The molecule has 1 aromatic rings. The van der Waals surface area contributed by atoms with E-state index in [1.54, 1.807) is 0 Å². The number of rotatable bonds is 6. The molecule has 1 fully saturated rings. The molecule has 1 aliphatic carbocycles. The van der Waals surface area contributed by atoms with Crippen LogP contribution in [0.5, 0.6) is 0 Å². The quantitative estimate of drug-likeness (QED) is 0.849. The molecule has 1 aliphatic rings. The predicted molar refractivity (Wildman–Crippen MR) is 87.1 cm³/mol. The zero-order chi connectivity index (χ0) is 16.2. The highest BCUT2D eigenvalue weighted by atomic mass is 16.2. The summed E-state index contributed by atoms with van der Waals surface area (Å²) in [6.07, 6.45) is 2.65. The molecule has 1 aromatic carbocycles. The molecule has 0 spiro atoms. The van der Waals surface area contributed by atoms with Gasteiger partial charge in [-0.15, -0.1) is 0 Å². The average molecular weight is 302 g/mol. The standard InChI is InChI=1S/C18H26N2O2/c1-18(2,3)17(22)19-12-11-15(21)20-16(14-9-10-14)13-7-5-4-6-8-13/h4-8,14,16H,9-12H2,1-3H3,(H,19,22)(H,20,21). The summed E-state index contributed by atoms with van der Waals surface area (Å²) in [5, 5.41) is 5.93. The van der Waals surface area contributed by atoms with E-state index in [9.17, 15) is 9.59 Å². The molecule has 0 saturated heterocycles. The Morgan fingerprint density at radius 2 is 1.82 bits per heavy atom. The summed E-state index contributed by atoms with van der Waals surface area (Å²) in [6, 6.07) is 10.2. The van der Waals surface area contributed by atoms with Gasteiger partial charge in [0.05, 0.1) is 6.04 Å². The zero-order valence-corrected chi connectivity index (χ0v) is 13.7. The van der Waals surface area contributed by atoms with Crippen molar-refractivity contribution in [3.05, 3.63) is 35.9 Å². The highest BCUT2D eigenvalue weighted by molar-refractivity contribution is 5.82. The molecule has 0 radical (unpaired) electrons. The SMILES string of the molecule is CC(C)(C)C(=O)NCCC(=O)NC(c1ccccc1)C1CC1. The largest absolute Gasteiger partial charge is 0.355 e. The third-order valence-electron chi connectivity index (χ3n) is 3.89. The van der Waals surface area contributed by atoms with E-state index < -0.39 is 5.41 Å². The average Bonchev–Trinajstić information content (AvgIpc) is 3.29. The lowest BCUT2D eigenvalue weighted by atomic mass is 9.96. The topological polar surface area (TPSA) is 58.2 Å². The summed E-state index contributed by atoms with van der Waals surface area (Å²) in [4.78, 5) is 23.9. The number of hydrogen-bond donors (Lipinski definition) is 2. The molecule has 1 unspecified atom stereocenters. The van der Waals surface area contributed by atoms with Gasteiger partial charge in [0.25, 0.3) is 0 Å². The van der Waals surface area contributed by atoms with Crippen molar-refractivity contribution in [1.29, 1.82) is 0 Å². The van der Waals surface area contributed by atoms with Gasteiger partial charge in [0.15, 0.2) is 0 Å². The normalized spacial score (nSPS) is 16.0. The second kappa shape index (κ2) is 6.95.